The average Bonchev–Trinajstić information content (AvgIpc) is 2.42. The third kappa shape index (κ3) is 5.46. The van der Waals surface area contributed by atoms with Crippen molar-refractivity contribution in [1.29, 1.82) is 0 Å². The van der Waals surface area contributed by atoms with E-state index < -0.39 is 42.4 Å². The molecule has 0 spiro atoms. The maximum atomic E-state index is 10.8. The van der Waals surface area contributed by atoms with E-state index >= 15 is 0 Å². The second-order valence-electron chi connectivity index (χ2n) is 3.90. The number of rotatable bonds is 5. The van der Waals surface area contributed by atoms with Gasteiger partial charge in [-0.05, 0) is 0 Å². The molecule has 11 heteroatoms. The van der Waals surface area contributed by atoms with E-state index in [0.29, 0.717) is 4.57 Å². The van der Waals surface area contributed by atoms with Gasteiger partial charge in [0.1, 0.15) is 0 Å². The summed E-state index contributed by atoms with van der Waals surface area (Å²) < 4.78 is 0.696. The molecule has 0 saturated carbocycles. The number of hydrogen-bond acceptors (Lipinski definition) is 8. The normalized spacial score (nSPS) is 10.8. The van der Waals surface area contributed by atoms with E-state index in [0.717, 1.165) is 0 Å². The molecule has 0 aliphatic rings. The van der Waals surface area contributed by atoms with E-state index in [2.05, 4.69) is 0 Å². The van der Waals surface area contributed by atoms with Crippen LogP contribution in [0.15, 0.2) is 14.4 Å². The lowest BCUT2D eigenvalue weighted by Gasteiger charge is -2.20. The van der Waals surface area contributed by atoms with Gasteiger partial charge >= 0.3 is 17.1 Å². The number of nitrogens with zero attached hydrogens (tertiary/aromatic N) is 1. The van der Waals surface area contributed by atoms with Crippen molar-refractivity contribution < 1.29 is 20.4 Å². The minimum Gasteiger partial charge on any atom is -0.395 e. The number of H-pyrrole nitrogens is 2. The Morgan fingerprint density at radius 1 is 0.950 bits per heavy atom. The number of aromatic amines is 2. The molecule has 0 radical (unpaired) electrons. The van der Waals surface area contributed by atoms with E-state index in [4.69, 9.17) is 26.2 Å². The van der Waals surface area contributed by atoms with Crippen LogP contribution in [-0.4, -0.2) is 66.9 Å². The molecule has 1 aromatic heterocycles. The molecule has 1 aromatic rings. The third-order valence-corrected chi connectivity index (χ3v) is 2.20. The fourth-order valence-corrected chi connectivity index (χ4v) is 0.906. The molecule has 1 rings (SSSR count). The van der Waals surface area contributed by atoms with Crippen molar-refractivity contribution in [1.82, 2.24) is 14.5 Å². The summed E-state index contributed by atoms with van der Waals surface area (Å²) in [5, 5.41) is 33.5. The Balaban J connectivity index is 0.000000396. The predicted molar refractivity (Wildman–Crippen MR) is 67.2 cm³/mol. The second-order valence-corrected chi connectivity index (χ2v) is 3.90. The number of nitrogens with two attached hydrogens (primary N) is 1. The molecule has 0 fully saturated rings. The van der Waals surface area contributed by atoms with Crippen LogP contribution < -0.4 is 22.8 Å². The molecule has 0 atom stereocenters. The molecule has 0 saturated heterocycles. The molecule has 116 valence electrons. The van der Waals surface area contributed by atoms with Crippen molar-refractivity contribution in [2.75, 3.05) is 26.4 Å². The molecule has 0 amide bonds. The number of aromatic nitrogens is 3. The Kier molecular flexibility index (Phi) is 7.64. The topological polar surface area (TPSA) is 195 Å². The van der Waals surface area contributed by atoms with E-state index in [1.165, 1.54) is 0 Å². The van der Waals surface area contributed by atoms with Gasteiger partial charge < -0.3 is 26.2 Å². The standard InChI is InChI=1S/C5H7N3O4.C4H11NO3/c9-2-1-8-4(11)6-3(10)7-5(8)12;5-4(1-6,2-7)3-8/h9H,1-2H2,(H2,6,7,10,11,12);6-8H,1-3,5H2. The highest BCUT2D eigenvalue weighted by molar-refractivity contribution is 4.80. The lowest BCUT2D eigenvalue weighted by atomic mass is 10.1. The van der Waals surface area contributed by atoms with E-state index in [-0.39, 0.29) is 13.2 Å². The lowest BCUT2D eigenvalue weighted by molar-refractivity contribution is 0.0698. The molecule has 20 heavy (non-hydrogen) atoms. The highest BCUT2D eigenvalue weighted by atomic mass is 16.3. The molecule has 0 aliphatic heterocycles. The summed E-state index contributed by atoms with van der Waals surface area (Å²) in [6.45, 7) is -1.68. The van der Waals surface area contributed by atoms with Crippen LogP contribution in [-0.2, 0) is 6.54 Å². The van der Waals surface area contributed by atoms with E-state index in [1.807, 2.05) is 9.97 Å². The van der Waals surface area contributed by atoms with Crippen molar-refractivity contribution >= 4 is 0 Å². The summed E-state index contributed by atoms with van der Waals surface area (Å²) in [5.74, 6) is 0. The summed E-state index contributed by atoms with van der Waals surface area (Å²) in [4.78, 5) is 35.8. The first-order valence-electron chi connectivity index (χ1n) is 5.49. The molecule has 8 N–H and O–H groups in total. The van der Waals surface area contributed by atoms with Gasteiger partial charge in [-0.1, -0.05) is 0 Å². The van der Waals surface area contributed by atoms with Gasteiger partial charge in [0, 0.05) is 0 Å². The van der Waals surface area contributed by atoms with Crippen LogP contribution >= 0.6 is 0 Å². The van der Waals surface area contributed by atoms with Crippen LogP contribution in [0.2, 0.25) is 0 Å². The quantitative estimate of drug-likeness (QED) is 0.280. The maximum absolute atomic E-state index is 10.8. The Bertz CT molecular complexity index is 514. The number of hydrogen-bond donors (Lipinski definition) is 7. The molecule has 0 bridgehead atoms. The van der Waals surface area contributed by atoms with Crippen LogP contribution in [0.5, 0.6) is 0 Å². The Morgan fingerprint density at radius 2 is 1.35 bits per heavy atom. The second kappa shape index (κ2) is 8.39. The highest BCUT2D eigenvalue weighted by Crippen LogP contribution is 1.93. The van der Waals surface area contributed by atoms with Crippen molar-refractivity contribution in [3.05, 3.63) is 31.5 Å². The first-order chi connectivity index (χ1) is 9.33. The van der Waals surface area contributed by atoms with Crippen LogP contribution in [0.3, 0.4) is 0 Å². The zero-order valence-electron chi connectivity index (χ0n) is 10.6. The maximum Gasteiger partial charge on any atom is 0.333 e. The zero-order valence-corrected chi connectivity index (χ0v) is 10.6. The van der Waals surface area contributed by atoms with Crippen LogP contribution in [0.1, 0.15) is 0 Å². The molecule has 0 aromatic carbocycles. The Hall–Kier alpha value is -1.79. The number of aliphatic hydroxyl groups excluding tert-OH is 4. The van der Waals surface area contributed by atoms with Gasteiger partial charge in [-0.2, -0.15) is 0 Å². The predicted octanol–water partition coefficient (Wildman–Crippen LogP) is -5.12. The van der Waals surface area contributed by atoms with Gasteiger partial charge in [0.2, 0.25) is 0 Å². The Labute approximate surface area is 111 Å². The van der Waals surface area contributed by atoms with E-state index in [1.54, 1.807) is 0 Å². The Morgan fingerprint density at radius 3 is 1.60 bits per heavy atom. The molecular weight excluding hydrogens is 276 g/mol. The van der Waals surface area contributed by atoms with Crippen molar-refractivity contribution in [3.8, 4) is 0 Å². The summed E-state index contributed by atoms with van der Waals surface area (Å²) >= 11 is 0. The highest BCUT2D eigenvalue weighted by Gasteiger charge is 2.20. The van der Waals surface area contributed by atoms with Crippen molar-refractivity contribution in [2.24, 2.45) is 5.73 Å². The minimum atomic E-state index is -1.21. The third-order valence-electron chi connectivity index (χ3n) is 2.20. The van der Waals surface area contributed by atoms with E-state index in [9.17, 15) is 14.4 Å². The van der Waals surface area contributed by atoms with Gasteiger partial charge in [-0.15, -0.1) is 0 Å². The summed E-state index contributed by atoms with van der Waals surface area (Å²) in [7, 11) is 0. The average molecular weight is 294 g/mol. The SMILES string of the molecule is NC(CO)(CO)CO.O=c1[nH]c(=O)n(CCO)c(=O)[nH]1. The zero-order chi connectivity index (χ0) is 15.8. The van der Waals surface area contributed by atoms with Gasteiger partial charge in [0.25, 0.3) is 0 Å². The first-order valence-corrected chi connectivity index (χ1v) is 5.49. The number of aliphatic hydroxyl groups is 4. The molecule has 0 aliphatic carbocycles. The van der Waals surface area contributed by atoms with Gasteiger partial charge in [-0.3, -0.25) is 9.97 Å². The largest absolute Gasteiger partial charge is 0.395 e. The van der Waals surface area contributed by atoms with Gasteiger partial charge in [0.05, 0.1) is 38.5 Å². The monoisotopic (exact) mass is 294 g/mol. The fraction of sp³-hybridized carbons (Fsp3) is 0.667. The van der Waals surface area contributed by atoms with Crippen LogP contribution in [0, 0.1) is 0 Å². The van der Waals surface area contributed by atoms with Crippen molar-refractivity contribution in [2.45, 2.75) is 12.1 Å². The molecular formula is C9H18N4O7. The molecule has 0 unspecified atom stereocenters. The van der Waals surface area contributed by atoms with Crippen LogP contribution in [0.25, 0.3) is 0 Å². The van der Waals surface area contributed by atoms with Gasteiger partial charge in [0.15, 0.2) is 0 Å². The molecule has 1 heterocycles. The minimum absolute atomic E-state index is 0.134. The van der Waals surface area contributed by atoms with Crippen molar-refractivity contribution in [3.63, 3.8) is 0 Å². The molecule has 11 nitrogen and oxygen atoms in total. The summed E-state index contributed by atoms with van der Waals surface area (Å²) in [6.07, 6.45) is 0. The smallest absolute Gasteiger partial charge is 0.333 e. The first kappa shape index (κ1) is 18.2. The number of nitrogens with one attached hydrogen (secondary N) is 2. The van der Waals surface area contributed by atoms with Gasteiger partial charge in [-0.25, -0.2) is 19.0 Å². The fourth-order valence-electron chi connectivity index (χ4n) is 0.906. The summed E-state index contributed by atoms with van der Waals surface area (Å²) in [6, 6.07) is 0. The lowest BCUT2D eigenvalue weighted by Crippen LogP contribution is -2.50. The van der Waals surface area contributed by atoms with Crippen LogP contribution in [0.4, 0.5) is 0 Å². The summed E-state index contributed by atoms with van der Waals surface area (Å²) in [5.41, 5.74) is 1.45.